The lowest BCUT2D eigenvalue weighted by Crippen LogP contribution is -2.21. The van der Waals surface area contributed by atoms with Gasteiger partial charge in [0, 0.05) is 5.69 Å². The second-order valence-corrected chi connectivity index (χ2v) is 9.26. The Hall–Kier alpha value is -2.64. The van der Waals surface area contributed by atoms with Crippen LogP contribution in [0, 0.1) is 0 Å². The van der Waals surface area contributed by atoms with Crippen LogP contribution in [0.1, 0.15) is 56.1 Å². The highest BCUT2D eigenvalue weighted by molar-refractivity contribution is 7.99. The fourth-order valence-electron chi connectivity index (χ4n) is 3.32. The van der Waals surface area contributed by atoms with Crippen LogP contribution >= 0.6 is 11.8 Å². The average Bonchev–Trinajstić information content (AvgIpc) is 3.19. The van der Waals surface area contributed by atoms with E-state index in [-0.39, 0.29) is 17.7 Å². The number of nitrogens with zero attached hydrogens (tertiary/aromatic N) is 4. The first kappa shape index (κ1) is 24.0. The number of anilines is 1. The molecule has 32 heavy (non-hydrogen) atoms. The molecule has 1 amide bonds. The molecule has 1 aromatic heterocycles. The van der Waals surface area contributed by atoms with Gasteiger partial charge in [0.2, 0.25) is 5.91 Å². The zero-order valence-electron chi connectivity index (χ0n) is 19.6. The van der Waals surface area contributed by atoms with Crippen molar-refractivity contribution >= 4 is 23.4 Å². The van der Waals surface area contributed by atoms with Gasteiger partial charge in [0.1, 0.15) is 0 Å². The van der Waals surface area contributed by atoms with Gasteiger partial charge in [0.25, 0.3) is 0 Å². The summed E-state index contributed by atoms with van der Waals surface area (Å²) in [6, 6.07) is 18.5. The number of carbonyl (C=O) groups is 1. The first-order chi connectivity index (χ1) is 15.4. The number of carbonyl (C=O) groups excluding carboxylic acids is 1. The molecule has 6 nitrogen and oxygen atoms in total. The molecule has 2 aromatic carbocycles. The quantitative estimate of drug-likeness (QED) is 0.430. The van der Waals surface area contributed by atoms with E-state index in [2.05, 4.69) is 70.0 Å². The molecule has 3 rings (SSSR count). The van der Waals surface area contributed by atoms with Gasteiger partial charge in [0.15, 0.2) is 11.0 Å². The Balaban J connectivity index is 1.69. The van der Waals surface area contributed by atoms with Crippen molar-refractivity contribution in [2.24, 2.45) is 0 Å². The summed E-state index contributed by atoms with van der Waals surface area (Å²) in [5, 5.41) is 12.6. The average molecular weight is 452 g/mol. The van der Waals surface area contributed by atoms with Crippen LogP contribution < -0.4 is 5.32 Å². The van der Waals surface area contributed by atoms with E-state index in [1.165, 1.54) is 22.9 Å². The minimum absolute atomic E-state index is 0.0530. The van der Waals surface area contributed by atoms with E-state index >= 15 is 0 Å². The van der Waals surface area contributed by atoms with Gasteiger partial charge in [-0.15, -0.1) is 10.2 Å². The van der Waals surface area contributed by atoms with E-state index in [9.17, 15) is 4.79 Å². The molecule has 0 radical (unpaired) electrons. The van der Waals surface area contributed by atoms with E-state index in [0.29, 0.717) is 12.5 Å². The van der Waals surface area contributed by atoms with Crippen molar-refractivity contribution in [2.45, 2.75) is 50.9 Å². The minimum Gasteiger partial charge on any atom is -0.325 e. The van der Waals surface area contributed by atoms with Crippen LogP contribution in [0.25, 0.3) is 0 Å². The third kappa shape index (κ3) is 6.20. The summed E-state index contributed by atoms with van der Waals surface area (Å²) in [7, 11) is 4.05. The van der Waals surface area contributed by atoms with Crippen LogP contribution in [0.15, 0.2) is 59.8 Å². The predicted molar refractivity (Wildman–Crippen MR) is 132 cm³/mol. The summed E-state index contributed by atoms with van der Waals surface area (Å²) < 4.78 is 2.11. The largest absolute Gasteiger partial charge is 0.325 e. The van der Waals surface area contributed by atoms with Gasteiger partial charge < -0.3 is 9.88 Å². The molecule has 1 heterocycles. The van der Waals surface area contributed by atoms with E-state index in [4.69, 9.17) is 0 Å². The van der Waals surface area contributed by atoms with Gasteiger partial charge >= 0.3 is 0 Å². The smallest absolute Gasteiger partial charge is 0.234 e. The summed E-state index contributed by atoms with van der Waals surface area (Å²) >= 11 is 1.41. The molecule has 0 fully saturated rings. The third-order valence-electron chi connectivity index (χ3n) is 5.79. The lowest BCUT2D eigenvalue weighted by molar-refractivity contribution is -0.113. The first-order valence-electron chi connectivity index (χ1n) is 11.0. The zero-order chi connectivity index (χ0) is 23.1. The maximum atomic E-state index is 12.6. The molecule has 0 bridgehead atoms. The van der Waals surface area contributed by atoms with E-state index in [1.54, 1.807) is 0 Å². The van der Waals surface area contributed by atoms with Crippen molar-refractivity contribution in [3.8, 4) is 0 Å². The molecule has 7 heteroatoms. The summed E-state index contributed by atoms with van der Waals surface area (Å²) in [5.74, 6) is 1.63. The topological polar surface area (TPSA) is 63.1 Å². The maximum Gasteiger partial charge on any atom is 0.234 e. The van der Waals surface area contributed by atoms with Crippen LogP contribution in [0.2, 0.25) is 0 Å². The minimum atomic E-state index is -0.0530. The number of nitrogens with one attached hydrogen (secondary N) is 1. The molecule has 0 aliphatic rings. The highest BCUT2D eigenvalue weighted by atomic mass is 32.2. The molecular weight excluding hydrogens is 418 g/mol. The van der Waals surface area contributed by atoms with Gasteiger partial charge in [-0.05, 0) is 56.6 Å². The lowest BCUT2D eigenvalue weighted by Gasteiger charge is -2.20. The molecular formula is C25H33N5OS. The third-order valence-corrected chi connectivity index (χ3v) is 6.75. The monoisotopic (exact) mass is 451 g/mol. The highest BCUT2D eigenvalue weighted by Gasteiger charge is 2.20. The van der Waals surface area contributed by atoms with Gasteiger partial charge in [-0.25, -0.2) is 0 Å². The standard InChI is InChI=1S/C25H33N5OS/c1-6-18(2)21-12-14-22(15-13-21)26-23(31)17-32-25-28-27-24(19(3)29(4)5)30(25)16-20-10-8-7-9-11-20/h7-15,18-19H,6,16-17H2,1-5H3,(H,26,31)/t18-,19+/m1/s1. The highest BCUT2D eigenvalue weighted by Crippen LogP contribution is 2.25. The van der Waals surface area contributed by atoms with Crippen molar-refractivity contribution in [1.82, 2.24) is 19.7 Å². The molecule has 170 valence electrons. The number of thioether (sulfide) groups is 1. The Morgan fingerprint density at radius 1 is 1.06 bits per heavy atom. The van der Waals surface area contributed by atoms with E-state index < -0.39 is 0 Å². The number of aromatic nitrogens is 3. The van der Waals surface area contributed by atoms with Crippen LogP contribution in [-0.4, -0.2) is 45.4 Å². The zero-order valence-corrected chi connectivity index (χ0v) is 20.4. The Morgan fingerprint density at radius 2 is 1.75 bits per heavy atom. The number of amides is 1. The fourth-order valence-corrected chi connectivity index (χ4v) is 4.06. The van der Waals surface area contributed by atoms with E-state index in [0.717, 1.165) is 23.1 Å². The molecule has 0 saturated heterocycles. The van der Waals surface area contributed by atoms with Crippen LogP contribution in [0.5, 0.6) is 0 Å². The predicted octanol–water partition coefficient (Wildman–Crippen LogP) is 5.19. The molecule has 1 N–H and O–H groups in total. The Morgan fingerprint density at radius 3 is 2.38 bits per heavy atom. The summed E-state index contributed by atoms with van der Waals surface area (Å²) in [4.78, 5) is 14.7. The number of hydrogen-bond donors (Lipinski definition) is 1. The van der Waals surface area contributed by atoms with Crippen molar-refractivity contribution < 1.29 is 4.79 Å². The number of rotatable bonds is 10. The number of hydrogen-bond acceptors (Lipinski definition) is 5. The van der Waals surface area contributed by atoms with Gasteiger partial charge in [-0.3, -0.25) is 9.69 Å². The fraction of sp³-hybridized carbons (Fsp3) is 0.400. The second-order valence-electron chi connectivity index (χ2n) is 8.32. The van der Waals surface area contributed by atoms with Crippen molar-refractivity contribution in [2.75, 3.05) is 25.2 Å². The van der Waals surface area contributed by atoms with Crippen molar-refractivity contribution in [1.29, 1.82) is 0 Å². The molecule has 0 unspecified atom stereocenters. The molecule has 2 atom stereocenters. The first-order valence-corrected chi connectivity index (χ1v) is 12.0. The van der Waals surface area contributed by atoms with Crippen molar-refractivity contribution in [3.05, 3.63) is 71.5 Å². The van der Waals surface area contributed by atoms with E-state index in [1.807, 2.05) is 44.4 Å². The lowest BCUT2D eigenvalue weighted by atomic mass is 9.99. The van der Waals surface area contributed by atoms with Gasteiger partial charge in [-0.1, -0.05) is 68.1 Å². The number of benzene rings is 2. The Labute approximate surface area is 195 Å². The van der Waals surface area contributed by atoms with Gasteiger partial charge in [-0.2, -0.15) is 0 Å². The maximum absolute atomic E-state index is 12.6. The normalized spacial score (nSPS) is 13.2. The molecule has 3 aromatic rings. The molecule has 0 saturated carbocycles. The second kappa shape index (κ2) is 11.3. The summed E-state index contributed by atoms with van der Waals surface area (Å²) in [6.45, 7) is 7.16. The van der Waals surface area contributed by atoms with Gasteiger partial charge in [0.05, 0.1) is 18.3 Å². The van der Waals surface area contributed by atoms with Crippen LogP contribution in [-0.2, 0) is 11.3 Å². The van der Waals surface area contributed by atoms with Crippen LogP contribution in [0.3, 0.4) is 0 Å². The SMILES string of the molecule is CC[C@@H](C)c1ccc(NC(=O)CSc2nnc([C@H](C)N(C)C)n2Cc2ccccc2)cc1. The summed E-state index contributed by atoms with van der Waals surface area (Å²) in [5.41, 5.74) is 3.28. The Bertz CT molecular complexity index is 1000. The molecule has 0 spiro atoms. The van der Waals surface area contributed by atoms with Crippen LogP contribution in [0.4, 0.5) is 5.69 Å². The van der Waals surface area contributed by atoms with Crippen molar-refractivity contribution in [3.63, 3.8) is 0 Å². The summed E-state index contributed by atoms with van der Waals surface area (Å²) in [6.07, 6.45) is 1.10. The Kier molecular flexibility index (Phi) is 8.47. The molecule has 0 aliphatic heterocycles. The molecule has 0 aliphatic carbocycles.